The number of nitrogens with one attached hydrogen (secondary N) is 1. The predicted molar refractivity (Wildman–Crippen MR) is 54.0 cm³/mol. The molecule has 2 rings (SSSR count). The molecule has 1 heterocycles. The van der Waals surface area contributed by atoms with Crippen molar-refractivity contribution < 1.29 is 9.84 Å². The minimum absolute atomic E-state index is 0.116. The average Bonchev–Trinajstić information content (AvgIpc) is 2.52. The first-order chi connectivity index (χ1) is 6.75. The third-order valence-corrected chi connectivity index (χ3v) is 3.22. The van der Waals surface area contributed by atoms with Crippen LogP contribution in [0.3, 0.4) is 0 Å². The Morgan fingerprint density at radius 3 is 2.79 bits per heavy atom. The lowest BCUT2D eigenvalue weighted by Gasteiger charge is -2.30. The Hall–Kier alpha value is -0.160. The fourth-order valence-electron chi connectivity index (χ4n) is 2.38. The molecular weight excluding hydrogens is 180 g/mol. The van der Waals surface area contributed by atoms with Crippen LogP contribution in [0.1, 0.15) is 25.7 Å². The van der Waals surface area contributed by atoms with E-state index < -0.39 is 0 Å². The summed E-state index contributed by atoms with van der Waals surface area (Å²) < 4.78 is 5.19. The maximum absolute atomic E-state index is 9.57. The highest BCUT2D eigenvalue weighted by atomic mass is 16.5. The molecule has 1 saturated heterocycles. The van der Waals surface area contributed by atoms with Crippen LogP contribution in [0.15, 0.2) is 0 Å². The highest BCUT2D eigenvalue weighted by Gasteiger charge is 2.29. The van der Waals surface area contributed by atoms with Crippen LogP contribution in [0.4, 0.5) is 0 Å². The number of ether oxygens (including phenoxy) is 1. The molecule has 1 saturated carbocycles. The van der Waals surface area contributed by atoms with Gasteiger partial charge in [-0.3, -0.25) is 0 Å². The lowest BCUT2D eigenvalue weighted by Crippen LogP contribution is -2.48. The van der Waals surface area contributed by atoms with E-state index in [1.807, 2.05) is 0 Å². The lowest BCUT2D eigenvalue weighted by atomic mass is 9.91. The van der Waals surface area contributed by atoms with Crippen LogP contribution in [0.5, 0.6) is 0 Å². The summed E-state index contributed by atoms with van der Waals surface area (Å²) in [6.45, 7) is 1.10. The van der Waals surface area contributed by atoms with E-state index in [4.69, 9.17) is 10.5 Å². The molecule has 0 aromatic rings. The molecule has 4 heteroatoms. The molecule has 4 unspecified atom stereocenters. The molecule has 1 aliphatic carbocycles. The summed E-state index contributed by atoms with van der Waals surface area (Å²) in [5.41, 5.74) is 5.90. The summed E-state index contributed by atoms with van der Waals surface area (Å²) >= 11 is 0. The Labute approximate surface area is 84.8 Å². The Morgan fingerprint density at radius 2 is 2.14 bits per heavy atom. The van der Waals surface area contributed by atoms with Crippen molar-refractivity contribution >= 4 is 0 Å². The number of aliphatic hydroxyl groups is 1. The van der Waals surface area contributed by atoms with Crippen LogP contribution in [0, 0.1) is 0 Å². The van der Waals surface area contributed by atoms with Crippen LogP contribution in [0.25, 0.3) is 0 Å². The summed E-state index contributed by atoms with van der Waals surface area (Å²) in [6, 6.07) is 0.922. The molecule has 2 aliphatic rings. The predicted octanol–water partition coefficient (Wildman–Crippen LogP) is -0.394. The topological polar surface area (TPSA) is 67.5 Å². The molecule has 0 spiro atoms. The van der Waals surface area contributed by atoms with Gasteiger partial charge in [0, 0.05) is 12.1 Å². The van der Waals surface area contributed by atoms with Gasteiger partial charge in [-0.2, -0.15) is 0 Å². The van der Waals surface area contributed by atoms with Crippen molar-refractivity contribution in [3.8, 4) is 0 Å². The van der Waals surface area contributed by atoms with E-state index in [-0.39, 0.29) is 12.1 Å². The second-order valence-corrected chi connectivity index (χ2v) is 4.50. The van der Waals surface area contributed by atoms with Gasteiger partial charge in [0.25, 0.3) is 0 Å². The smallest absolute Gasteiger partial charge is 0.0948 e. The Kier molecular flexibility index (Phi) is 3.38. The van der Waals surface area contributed by atoms with Crippen molar-refractivity contribution in [2.75, 3.05) is 13.2 Å². The molecule has 0 radical (unpaired) electrons. The molecule has 4 nitrogen and oxygen atoms in total. The number of nitrogens with two attached hydrogens (primary N) is 1. The highest BCUT2D eigenvalue weighted by molar-refractivity contribution is 4.87. The molecule has 4 atom stereocenters. The summed E-state index contributed by atoms with van der Waals surface area (Å²) in [7, 11) is 0. The molecule has 0 aromatic carbocycles. The van der Waals surface area contributed by atoms with E-state index in [0.29, 0.717) is 25.3 Å². The summed E-state index contributed by atoms with van der Waals surface area (Å²) in [6.07, 6.45) is 4.21. The van der Waals surface area contributed by atoms with Gasteiger partial charge in [0.15, 0.2) is 0 Å². The highest BCUT2D eigenvalue weighted by Crippen LogP contribution is 2.18. The van der Waals surface area contributed by atoms with Crippen LogP contribution in [-0.2, 0) is 4.74 Å². The summed E-state index contributed by atoms with van der Waals surface area (Å²) in [5.74, 6) is 0. The molecule has 0 bridgehead atoms. The minimum Gasteiger partial charge on any atom is -0.389 e. The van der Waals surface area contributed by atoms with Crippen molar-refractivity contribution in [2.45, 2.75) is 49.9 Å². The molecule has 0 aromatic heterocycles. The van der Waals surface area contributed by atoms with Gasteiger partial charge in [0.2, 0.25) is 0 Å². The lowest BCUT2D eigenvalue weighted by molar-refractivity contribution is 0.120. The molecule has 4 N–H and O–H groups in total. The largest absolute Gasteiger partial charge is 0.389 e. The van der Waals surface area contributed by atoms with Crippen molar-refractivity contribution in [1.29, 1.82) is 0 Å². The maximum atomic E-state index is 9.57. The van der Waals surface area contributed by atoms with Crippen molar-refractivity contribution in [3.63, 3.8) is 0 Å². The average molecular weight is 200 g/mol. The third-order valence-electron chi connectivity index (χ3n) is 3.22. The van der Waals surface area contributed by atoms with Gasteiger partial charge in [-0.15, -0.1) is 0 Å². The monoisotopic (exact) mass is 200 g/mol. The van der Waals surface area contributed by atoms with E-state index >= 15 is 0 Å². The number of hydrogen-bond acceptors (Lipinski definition) is 4. The third kappa shape index (κ3) is 2.45. The Bertz CT molecular complexity index is 189. The normalized spacial score (nSPS) is 44.1. The molecule has 0 amide bonds. The fraction of sp³-hybridized carbons (Fsp3) is 1.00. The van der Waals surface area contributed by atoms with Gasteiger partial charge in [0.1, 0.15) is 0 Å². The first-order valence-corrected chi connectivity index (χ1v) is 5.53. The van der Waals surface area contributed by atoms with Gasteiger partial charge in [-0.1, -0.05) is 6.42 Å². The molecule has 82 valence electrons. The SMILES string of the molecule is NC1CCCC(NC2COCC2O)C1. The zero-order valence-electron chi connectivity index (χ0n) is 8.48. The number of hydrogen-bond donors (Lipinski definition) is 3. The van der Waals surface area contributed by atoms with Crippen LogP contribution in [0.2, 0.25) is 0 Å². The standard InChI is InChI=1S/C10H20N2O2/c11-7-2-1-3-8(4-7)12-9-5-14-6-10(9)13/h7-10,12-13H,1-6,11H2. The number of aliphatic hydroxyl groups excluding tert-OH is 1. The maximum Gasteiger partial charge on any atom is 0.0948 e. The molecule has 14 heavy (non-hydrogen) atoms. The minimum atomic E-state index is -0.340. The molecular formula is C10H20N2O2. The summed E-state index contributed by atoms with van der Waals surface area (Å²) in [5, 5.41) is 13.0. The molecule has 1 aliphatic heterocycles. The van der Waals surface area contributed by atoms with Gasteiger partial charge in [-0.25, -0.2) is 0 Å². The van der Waals surface area contributed by atoms with Crippen molar-refractivity contribution in [1.82, 2.24) is 5.32 Å². The van der Waals surface area contributed by atoms with Gasteiger partial charge in [-0.05, 0) is 19.3 Å². The van der Waals surface area contributed by atoms with Crippen molar-refractivity contribution in [2.24, 2.45) is 5.73 Å². The second kappa shape index (κ2) is 4.57. The zero-order valence-corrected chi connectivity index (χ0v) is 8.48. The van der Waals surface area contributed by atoms with Crippen molar-refractivity contribution in [3.05, 3.63) is 0 Å². The van der Waals surface area contributed by atoms with E-state index in [2.05, 4.69) is 5.32 Å². The zero-order chi connectivity index (χ0) is 9.97. The summed E-state index contributed by atoms with van der Waals surface area (Å²) in [4.78, 5) is 0. The first kappa shape index (κ1) is 10.4. The van der Waals surface area contributed by atoms with E-state index in [1.165, 1.54) is 12.8 Å². The first-order valence-electron chi connectivity index (χ1n) is 5.53. The van der Waals surface area contributed by atoms with Crippen LogP contribution < -0.4 is 11.1 Å². The van der Waals surface area contributed by atoms with Gasteiger partial charge in [0.05, 0.1) is 25.4 Å². The van der Waals surface area contributed by atoms with Gasteiger partial charge < -0.3 is 20.9 Å². The Morgan fingerprint density at radius 1 is 1.29 bits per heavy atom. The van der Waals surface area contributed by atoms with E-state index in [0.717, 1.165) is 12.8 Å². The fourth-order valence-corrected chi connectivity index (χ4v) is 2.38. The molecule has 2 fully saturated rings. The van der Waals surface area contributed by atoms with Crippen LogP contribution >= 0.6 is 0 Å². The van der Waals surface area contributed by atoms with Gasteiger partial charge >= 0.3 is 0 Å². The van der Waals surface area contributed by atoms with E-state index in [1.54, 1.807) is 0 Å². The quantitative estimate of drug-likeness (QED) is 0.567. The van der Waals surface area contributed by atoms with E-state index in [9.17, 15) is 5.11 Å². The van der Waals surface area contributed by atoms with Crippen LogP contribution in [-0.4, -0.2) is 42.5 Å². The number of rotatable bonds is 2. The second-order valence-electron chi connectivity index (χ2n) is 4.50. The Balaban J connectivity index is 1.78.